The van der Waals surface area contributed by atoms with Gasteiger partial charge in [-0.2, -0.15) is 0 Å². The molecule has 1 aliphatic rings. The topological polar surface area (TPSA) is 69.6 Å². The van der Waals surface area contributed by atoms with Crippen molar-refractivity contribution in [3.8, 4) is 11.5 Å². The highest BCUT2D eigenvalue weighted by Crippen LogP contribution is 2.32. The fraction of sp³-hybridized carbons (Fsp3) is 0.238. The van der Waals surface area contributed by atoms with Crippen LogP contribution in [0.25, 0.3) is 10.9 Å². The molecule has 1 aliphatic heterocycles. The predicted octanol–water partition coefficient (Wildman–Crippen LogP) is 3.35. The van der Waals surface area contributed by atoms with Crippen LogP contribution < -0.4 is 20.2 Å². The number of pyridine rings is 1. The van der Waals surface area contributed by atoms with E-state index in [2.05, 4.69) is 5.32 Å². The van der Waals surface area contributed by atoms with Crippen LogP contribution in [0.5, 0.6) is 11.5 Å². The SMILES string of the molecule is CCn1cc(C(=O)Nc2ccc3c(c2)OCCO3)c(=O)c2cc(C)ccc21. The maximum absolute atomic E-state index is 12.9. The van der Waals surface area contributed by atoms with Crippen LogP contribution in [0.3, 0.4) is 0 Å². The number of benzene rings is 2. The van der Waals surface area contributed by atoms with E-state index < -0.39 is 5.91 Å². The third-order valence-electron chi connectivity index (χ3n) is 4.62. The molecule has 27 heavy (non-hydrogen) atoms. The van der Waals surface area contributed by atoms with Crippen molar-refractivity contribution in [2.24, 2.45) is 0 Å². The number of aromatic nitrogens is 1. The van der Waals surface area contributed by atoms with E-state index in [-0.39, 0.29) is 11.0 Å². The number of hydrogen-bond acceptors (Lipinski definition) is 4. The second-order valence-electron chi connectivity index (χ2n) is 6.49. The van der Waals surface area contributed by atoms with Gasteiger partial charge in [0.1, 0.15) is 18.8 Å². The summed E-state index contributed by atoms with van der Waals surface area (Å²) >= 11 is 0. The van der Waals surface area contributed by atoms with Crippen molar-refractivity contribution in [2.45, 2.75) is 20.4 Å². The van der Waals surface area contributed by atoms with Crippen LogP contribution in [0, 0.1) is 6.92 Å². The molecule has 6 nitrogen and oxygen atoms in total. The summed E-state index contributed by atoms with van der Waals surface area (Å²) in [6, 6.07) is 10.9. The highest BCUT2D eigenvalue weighted by atomic mass is 16.6. The summed E-state index contributed by atoms with van der Waals surface area (Å²) in [7, 11) is 0. The smallest absolute Gasteiger partial charge is 0.261 e. The first-order valence-electron chi connectivity index (χ1n) is 8.91. The molecule has 0 atom stereocenters. The zero-order chi connectivity index (χ0) is 19.0. The Bertz CT molecular complexity index is 1100. The van der Waals surface area contributed by atoms with E-state index in [1.807, 2.05) is 36.6 Å². The van der Waals surface area contributed by atoms with Gasteiger partial charge >= 0.3 is 0 Å². The van der Waals surface area contributed by atoms with E-state index >= 15 is 0 Å². The van der Waals surface area contributed by atoms with Crippen LogP contribution in [0.15, 0.2) is 47.4 Å². The molecule has 0 aliphatic carbocycles. The van der Waals surface area contributed by atoms with Gasteiger partial charge in [-0.05, 0) is 38.1 Å². The monoisotopic (exact) mass is 364 g/mol. The fourth-order valence-corrected chi connectivity index (χ4v) is 3.25. The Labute approximate surface area is 156 Å². The molecule has 1 amide bonds. The highest BCUT2D eigenvalue weighted by molar-refractivity contribution is 6.06. The number of carbonyl (C=O) groups excluding carboxylic acids is 1. The highest BCUT2D eigenvalue weighted by Gasteiger charge is 2.17. The third-order valence-corrected chi connectivity index (χ3v) is 4.62. The maximum Gasteiger partial charge on any atom is 0.261 e. The van der Waals surface area contributed by atoms with Gasteiger partial charge in [0.25, 0.3) is 5.91 Å². The molecule has 2 aromatic carbocycles. The molecule has 0 bridgehead atoms. The number of ether oxygens (including phenoxy) is 2. The standard InChI is InChI=1S/C21H20N2O4/c1-3-23-12-16(20(24)15-10-13(2)4-6-17(15)23)21(25)22-14-5-7-18-19(11-14)27-9-8-26-18/h4-7,10-12H,3,8-9H2,1-2H3,(H,22,25). The lowest BCUT2D eigenvalue weighted by Crippen LogP contribution is -2.24. The van der Waals surface area contributed by atoms with Crippen LogP contribution in [0.1, 0.15) is 22.8 Å². The molecule has 2 heterocycles. The van der Waals surface area contributed by atoms with Gasteiger partial charge < -0.3 is 19.4 Å². The van der Waals surface area contributed by atoms with Crippen molar-refractivity contribution < 1.29 is 14.3 Å². The van der Waals surface area contributed by atoms with Gasteiger partial charge in [-0.25, -0.2) is 0 Å². The van der Waals surface area contributed by atoms with E-state index in [1.165, 1.54) is 0 Å². The molecule has 0 saturated carbocycles. The minimum atomic E-state index is -0.442. The van der Waals surface area contributed by atoms with Gasteiger partial charge in [-0.15, -0.1) is 0 Å². The number of hydrogen-bond donors (Lipinski definition) is 1. The molecule has 0 fully saturated rings. The molecule has 0 radical (unpaired) electrons. The van der Waals surface area contributed by atoms with Crippen molar-refractivity contribution in [1.29, 1.82) is 0 Å². The van der Waals surface area contributed by atoms with Crippen molar-refractivity contribution >= 4 is 22.5 Å². The summed E-state index contributed by atoms with van der Waals surface area (Å²) in [6.45, 7) is 5.54. The molecule has 1 aromatic heterocycles. The molecule has 1 N–H and O–H groups in total. The van der Waals surface area contributed by atoms with E-state index in [0.717, 1.165) is 11.1 Å². The zero-order valence-electron chi connectivity index (χ0n) is 15.2. The van der Waals surface area contributed by atoms with Gasteiger partial charge in [0.2, 0.25) is 5.43 Å². The summed E-state index contributed by atoms with van der Waals surface area (Å²) < 4.78 is 12.9. The lowest BCUT2D eigenvalue weighted by atomic mass is 10.1. The lowest BCUT2D eigenvalue weighted by Gasteiger charge is -2.19. The van der Waals surface area contributed by atoms with Crippen molar-refractivity contribution in [3.05, 3.63) is 63.9 Å². The summed E-state index contributed by atoms with van der Waals surface area (Å²) in [5.41, 5.74) is 2.20. The number of anilines is 1. The minimum absolute atomic E-state index is 0.116. The Morgan fingerprint density at radius 2 is 1.89 bits per heavy atom. The lowest BCUT2D eigenvalue weighted by molar-refractivity contribution is 0.102. The second-order valence-corrected chi connectivity index (χ2v) is 6.49. The van der Waals surface area contributed by atoms with Gasteiger partial charge in [0.05, 0.1) is 5.52 Å². The number of amides is 1. The molecule has 6 heteroatoms. The van der Waals surface area contributed by atoms with Crippen LogP contribution in [0.4, 0.5) is 5.69 Å². The average molecular weight is 364 g/mol. The molecule has 0 unspecified atom stereocenters. The van der Waals surface area contributed by atoms with Crippen LogP contribution in [0.2, 0.25) is 0 Å². The fourth-order valence-electron chi connectivity index (χ4n) is 3.25. The quantitative estimate of drug-likeness (QED) is 0.774. The van der Waals surface area contributed by atoms with E-state index in [4.69, 9.17) is 9.47 Å². The first kappa shape index (κ1) is 17.1. The van der Waals surface area contributed by atoms with Crippen molar-refractivity contribution in [2.75, 3.05) is 18.5 Å². The normalized spacial score (nSPS) is 12.8. The van der Waals surface area contributed by atoms with Crippen LogP contribution >= 0.6 is 0 Å². The molecule has 138 valence electrons. The van der Waals surface area contributed by atoms with Crippen LogP contribution in [-0.4, -0.2) is 23.7 Å². The molecule has 0 spiro atoms. The molecular weight excluding hydrogens is 344 g/mol. The number of nitrogens with zero attached hydrogens (tertiary/aromatic N) is 1. The number of carbonyl (C=O) groups is 1. The van der Waals surface area contributed by atoms with E-state index in [1.54, 1.807) is 24.4 Å². The number of rotatable bonds is 3. The summed E-state index contributed by atoms with van der Waals surface area (Å²) in [5.74, 6) is 0.787. The molecule has 3 aromatic rings. The molecule has 0 saturated heterocycles. The Morgan fingerprint density at radius 3 is 2.67 bits per heavy atom. The number of fused-ring (bicyclic) bond motifs is 2. The first-order valence-corrected chi connectivity index (χ1v) is 8.91. The van der Waals surface area contributed by atoms with E-state index in [9.17, 15) is 9.59 Å². The van der Waals surface area contributed by atoms with E-state index in [0.29, 0.717) is 42.3 Å². The largest absolute Gasteiger partial charge is 0.486 e. The number of nitrogens with one attached hydrogen (secondary N) is 1. The van der Waals surface area contributed by atoms with Crippen LogP contribution in [-0.2, 0) is 6.54 Å². The zero-order valence-corrected chi connectivity index (χ0v) is 15.2. The average Bonchev–Trinajstić information content (AvgIpc) is 2.68. The first-order chi connectivity index (χ1) is 13.1. The third kappa shape index (κ3) is 3.14. The van der Waals surface area contributed by atoms with Crippen molar-refractivity contribution in [3.63, 3.8) is 0 Å². The Kier molecular flexibility index (Phi) is 4.32. The summed E-state index contributed by atoms with van der Waals surface area (Å²) in [4.78, 5) is 25.7. The second kappa shape index (κ2) is 6.79. The minimum Gasteiger partial charge on any atom is -0.486 e. The van der Waals surface area contributed by atoms with Crippen molar-refractivity contribution in [1.82, 2.24) is 4.57 Å². The number of aryl methyl sites for hydroxylation is 2. The maximum atomic E-state index is 12.9. The molecular formula is C21H20N2O4. The summed E-state index contributed by atoms with van der Waals surface area (Å²) in [5, 5.41) is 3.34. The van der Waals surface area contributed by atoms with Gasteiger partial charge in [-0.1, -0.05) is 11.6 Å². The predicted molar refractivity (Wildman–Crippen MR) is 104 cm³/mol. The van der Waals surface area contributed by atoms with Gasteiger partial charge in [0.15, 0.2) is 11.5 Å². The van der Waals surface area contributed by atoms with Gasteiger partial charge in [0, 0.05) is 29.9 Å². The Hall–Kier alpha value is -3.28. The summed E-state index contributed by atoms with van der Waals surface area (Å²) in [6.07, 6.45) is 1.62. The molecule has 4 rings (SSSR count). The Morgan fingerprint density at radius 1 is 1.11 bits per heavy atom. The Balaban J connectivity index is 1.72. The van der Waals surface area contributed by atoms with Gasteiger partial charge in [-0.3, -0.25) is 9.59 Å².